The zero-order chi connectivity index (χ0) is 14.8. The van der Waals surface area contributed by atoms with E-state index >= 15 is 0 Å². The molecule has 0 spiro atoms. The highest BCUT2D eigenvalue weighted by atomic mass is 19.4. The minimum atomic E-state index is -4.46. The van der Waals surface area contributed by atoms with E-state index < -0.39 is 11.9 Å². The van der Waals surface area contributed by atoms with E-state index in [2.05, 4.69) is 5.10 Å². The first-order valence-corrected chi connectivity index (χ1v) is 5.57. The smallest absolute Gasteiger partial charge is 0.435 e. The molecule has 2 aromatic rings. The van der Waals surface area contributed by atoms with E-state index in [1.54, 1.807) is 6.07 Å². The molecule has 20 heavy (non-hydrogen) atoms. The van der Waals surface area contributed by atoms with Gasteiger partial charge in [-0.05, 0) is 29.8 Å². The third kappa shape index (κ3) is 3.31. The second-order valence-electron chi connectivity index (χ2n) is 3.96. The van der Waals surface area contributed by atoms with E-state index in [4.69, 9.17) is 4.74 Å². The van der Waals surface area contributed by atoms with Crippen molar-refractivity contribution in [1.82, 2.24) is 9.78 Å². The van der Waals surface area contributed by atoms with E-state index in [1.165, 1.54) is 37.7 Å². The Labute approximate surface area is 112 Å². The molecule has 0 saturated carbocycles. The molecule has 0 aliphatic carbocycles. The molecule has 0 atom stereocenters. The quantitative estimate of drug-likeness (QED) is 0.941. The Hall–Kier alpha value is -2.44. The summed E-state index contributed by atoms with van der Waals surface area (Å²) in [6.45, 7) is 0. The maximum atomic E-state index is 12.4. The molecule has 1 heterocycles. The molecule has 0 fully saturated rings. The van der Waals surface area contributed by atoms with Crippen LogP contribution in [0.5, 0.6) is 11.5 Å². The molecule has 106 valence electrons. The summed E-state index contributed by atoms with van der Waals surface area (Å²) in [4.78, 5) is 0. The van der Waals surface area contributed by atoms with Gasteiger partial charge in [0.1, 0.15) is 11.5 Å². The predicted molar refractivity (Wildman–Crippen MR) is 67.1 cm³/mol. The van der Waals surface area contributed by atoms with Gasteiger partial charge in [0.25, 0.3) is 0 Å². The summed E-state index contributed by atoms with van der Waals surface area (Å²) in [5.41, 5.74) is -0.387. The minimum Gasteiger partial charge on any atom is -0.508 e. The van der Waals surface area contributed by atoms with Crippen molar-refractivity contribution < 1.29 is 23.0 Å². The highest BCUT2D eigenvalue weighted by Crippen LogP contribution is 2.27. The Morgan fingerprint density at radius 2 is 2.05 bits per heavy atom. The van der Waals surface area contributed by atoms with Gasteiger partial charge in [0.15, 0.2) is 5.69 Å². The van der Waals surface area contributed by atoms with Gasteiger partial charge in [-0.3, -0.25) is 0 Å². The van der Waals surface area contributed by atoms with Crippen molar-refractivity contribution >= 4 is 12.3 Å². The van der Waals surface area contributed by atoms with E-state index in [9.17, 15) is 18.3 Å². The van der Waals surface area contributed by atoms with Crippen molar-refractivity contribution in [2.45, 2.75) is 6.18 Å². The molecule has 7 heteroatoms. The van der Waals surface area contributed by atoms with Gasteiger partial charge in [-0.15, -0.1) is 0 Å². The van der Waals surface area contributed by atoms with Crippen LogP contribution in [0.2, 0.25) is 0 Å². The number of aromatic hydroxyl groups is 1. The topological polar surface area (TPSA) is 47.3 Å². The maximum absolute atomic E-state index is 12.4. The van der Waals surface area contributed by atoms with Gasteiger partial charge in [-0.25, -0.2) is 4.68 Å². The molecule has 0 aliphatic rings. The van der Waals surface area contributed by atoms with Crippen LogP contribution in [0.25, 0.3) is 12.3 Å². The zero-order valence-corrected chi connectivity index (χ0v) is 10.4. The van der Waals surface area contributed by atoms with Crippen LogP contribution in [0.15, 0.2) is 30.5 Å². The summed E-state index contributed by atoms with van der Waals surface area (Å²) < 4.78 is 43.1. The summed E-state index contributed by atoms with van der Waals surface area (Å²) in [6.07, 6.45) is -0.411. The molecule has 1 aromatic carbocycles. The fourth-order valence-electron chi connectivity index (χ4n) is 1.55. The number of phenolic OH excluding ortho intramolecular Hbond substituents is 1. The van der Waals surface area contributed by atoms with Crippen molar-refractivity contribution in [2.75, 3.05) is 7.11 Å². The minimum absolute atomic E-state index is 0.000413. The third-order valence-corrected chi connectivity index (χ3v) is 2.47. The van der Waals surface area contributed by atoms with Gasteiger partial charge in [-0.2, -0.15) is 18.3 Å². The van der Waals surface area contributed by atoms with Crippen LogP contribution in [0.3, 0.4) is 0 Å². The van der Waals surface area contributed by atoms with Crippen LogP contribution < -0.4 is 4.74 Å². The average molecular weight is 284 g/mol. The molecular formula is C13H11F3N2O2. The summed E-state index contributed by atoms with van der Waals surface area (Å²) in [5.74, 6) is 0.446. The molecule has 0 bridgehead atoms. The number of ether oxygens (including phenoxy) is 1. The molecule has 0 amide bonds. The number of benzene rings is 1. The Kier molecular flexibility index (Phi) is 3.69. The van der Waals surface area contributed by atoms with Gasteiger partial charge >= 0.3 is 6.18 Å². The molecule has 0 aliphatic heterocycles. The van der Waals surface area contributed by atoms with Crippen LogP contribution in [0, 0.1) is 0 Å². The number of hydrogen-bond acceptors (Lipinski definition) is 3. The van der Waals surface area contributed by atoms with Crippen molar-refractivity contribution in [1.29, 1.82) is 0 Å². The van der Waals surface area contributed by atoms with Gasteiger partial charge in [0, 0.05) is 18.5 Å². The number of phenols is 1. The lowest BCUT2D eigenvalue weighted by Crippen LogP contribution is -2.06. The monoisotopic (exact) mass is 284 g/mol. The number of rotatable bonds is 3. The van der Waals surface area contributed by atoms with E-state index in [1.807, 2.05) is 0 Å². The van der Waals surface area contributed by atoms with Crippen molar-refractivity contribution in [3.05, 3.63) is 41.7 Å². The lowest BCUT2D eigenvalue weighted by atomic mass is 10.2. The molecule has 0 radical (unpaired) electrons. The van der Waals surface area contributed by atoms with Crippen LogP contribution in [-0.4, -0.2) is 22.0 Å². The molecule has 1 N–H and O–H groups in total. The summed E-state index contributed by atoms with van der Waals surface area (Å²) in [6, 6.07) is 5.39. The van der Waals surface area contributed by atoms with E-state index in [0.29, 0.717) is 11.3 Å². The number of alkyl halides is 3. The first kappa shape index (κ1) is 14.0. The molecule has 4 nitrogen and oxygen atoms in total. The van der Waals surface area contributed by atoms with Gasteiger partial charge in [-0.1, -0.05) is 0 Å². The SMILES string of the molecule is COc1cc(O)cc(/C=C/n2ccc(C(F)(F)F)n2)c1. The maximum Gasteiger partial charge on any atom is 0.435 e. The largest absolute Gasteiger partial charge is 0.508 e. The Bertz CT molecular complexity index is 633. The van der Waals surface area contributed by atoms with E-state index in [-0.39, 0.29) is 5.75 Å². The number of aromatic nitrogens is 2. The average Bonchev–Trinajstić information content (AvgIpc) is 2.84. The second kappa shape index (κ2) is 5.28. The fraction of sp³-hybridized carbons (Fsp3) is 0.154. The summed E-state index contributed by atoms with van der Waals surface area (Å²) >= 11 is 0. The van der Waals surface area contributed by atoms with Crippen LogP contribution in [0.1, 0.15) is 11.3 Å². The van der Waals surface area contributed by atoms with Gasteiger partial charge < -0.3 is 9.84 Å². The molecule has 1 aromatic heterocycles. The summed E-state index contributed by atoms with van der Waals surface area (Å²) in [5, 5.41) is 12.8. The van der Waals surface area contributed by atoms with Crippen LogP contribution in [-0.2, 0) is 6.18 Å². The molecular weight excluding hydrogens is 273 g/mol. The normalized spacial score (nSPS) is 12.0. The lowest BCUT2D eigenvalue weighted by Gasteiger charge is -2.02. The Morgan fingerprint density at radius 1 is 1.30 bits per heavy atom. The zero-order valence-electron chi connectivity index (χ0n) is 10.4. The number of nitrogens with zero attached hydrogens (tertiary/aromatic N) is 2. The standard InChI is InChI=1S/C13H11F3N2O2/c1-20-11-7-9(6-10(19)8-11)2-4-18-5-3-12(17-18)13(14,15)16/h2-8,19H,1H3/b4-2+. The van der Waals surface area contributed by atoms with E-state index in [0.717, 1.165) is 10.7 Å². The number of halogens is 3. The van der Waals surface area contributed by atoms with Crippen LogP contribution in [0.4, 0.5) is 13.2 Å². The first-order chi connectivity index (χ1) is 9.38. The van der Waals surface area contributed by atoms with Crippen molar-refractivity contribution in [3.8, 4) is 11.5 Å². The van der Waals surface area contributed by atoms with Crippen molar-refractivity contribution in [3.63, 3.8) is 0 Å². The highest BCUT2D eigenvalue weighted by molar-refractivity contribution is 5.63. The third-order valence-electron chi connectivity index (χ3n) is 2.47. The second-order valence-corrected chi connectivity index (χ2v) is 3.96. The molecule has 0 saturated heterocycles. The lowest BCUT2D eigenvalue weighted by molar-refractivity contribution is -0.141. The molecule has 0 unspecified atom stereocenters. The highest BCUT2D eigenvalue weighted by Gasteiger charge is 2.33. The number of methoxy groups -OCH3 is 1. The van der Waals surface area contributed by atoms with Gasteiger partial charge in [0.2, 0.25) is 0 Å². The Morgan fingerprint density at radius 3 is 2.65 bits per heavy atom. The van der Waals surface area contributed by atoms with Crippen molar-refractivity contribution in [2.24, 2.45) is 0 Å². The van der Waals surface area contributed by atoms with Gasteiger partial charge in [0.05, 0.1) is 7.11 Å². The van der Waals surface area contributed by atoms with Crippen LogP contribution >= 0.6 is 0 Å². The molecule has 2 rings (SSSR count). The summed E-state index contributed by atoms with van der Waals surface area (Å²) in [7, 11) is 1.45. The Balaban J connectivity index is 2.21. The first-order valence-electron chi connectivity index (χ1n) is 5.57. The number of hydrogen-bond donors (Lipinski definition) is 1. The fourth-order valence-corrected chi connectivity index (χ4v) is 1.55. The predicted octanol–water partition coefficient (Wildman–Crippen LogP) is 3.24.